The van der Waals surface area contributed by atoms with Gasteiger partial charge in [0.2, 0.25) is 0 Å². The minimum absolute atomic E-state index is 0.211. The summed E-state index contributed by atoms with van der Waals surface area (Å²) in [6.07, 6.45) is 0. The zero-order valence-corrected chi connectivity index (χ0v) is 14.3. The van der Waals surface area contributed by atoms with Gasteiger partial charge in [-0.15, -0.1) is 0 Å². The summed E-state index contributed by atoms with van der Waals surface area (Å²) in [5.41, 5.74) is 0.456. The van der Waals surface area contributed by atoms with Gasteiger partial charge in [-0.3, -0.25) is 4.79 Å². The molecule has 7 nitrogen and oxygen atoms in total. The molecule has 3 aromatic rings. The van der Waals surface area contributed by atoms with Gasteiger partial charge in [-0.05, 0) is 30.3 Å². The van der Waals surface area contributed by atoms with Crippen LogP contribution in [0.5, 0.6) is 17.2 Å². The summed E-state index contributed by atoms with van der Waals surface area (Å²) in [6, 6.07) is 13.1. The third kappa shape index (κ3) is 3.94. The number of hydrogen-bond donors (Lipinski definition) is 1. The van der Waals surface area contributed by atoms with Crippen molar-refractivity contribution in [1.29, 1.82) is 0 Å². The van der Waals surface area contributed by atoms with E-state index in [2.05, 4.69) is 5.32 Å². The monoisotopic (exact) mass is 355 g/mol. The van der Waals surface area contributed by atoms with Gasteiger partial charge in [0.15, 0.2) is 6.61 Å². The topological polar surface area (TPSA) is 87.0 Å². The maximum atomic E-state index is 12.1. The summed E-state index contributed by atoms with van der Waals surface area (Å²) in [4.78, 5) is 23.4. The van der Waals surface area contributed by atoms with Crippen molar-refractivity contribution in [1.82, 2.24) is 0 Å². The minimum atomic E-state index is -0.445. The van der Waals surface area contributed by atoms with Crippen molar-refractivity contribution in [2.45, 2.75) is 0 Å². The number of carbonyl (C=O) groups excluding carboxylic acids is 1. The molecule has 0 spiro atoms. The van der Waals surface area contributed by atoms with Gasteiger partial charge in [-0.1, -0.05) is 0 Å². The van der Waals surface area contributed by atoms with Crippen molar-refractivity contribution in [2.24, 2.45) is 0 Å². The van der Waals surface area contributed by atoms with E-state index in [4.69, 9.17) is 18.6 Å². The van der Waals surface area contributed by atoms with Gasteiger partial charge in [0.1, 0.15) is 22.8 Å². The normalized spacial score (nSPS) is 10.4. The predicted octanol–water partition coefficient (Wildman–Crippen LogP) is 2.83. The third-order valence-corrected chi connectivity index (χ3v) is 3.65. The molecule has 0 saturated carbocycles. The Balaban J connectivity index is 1.66. The molecule has 1 heterocycles. The first-order valence-corrected chi connectivity index (χ1v) is 7.77. The van der Waals surface area contributed by atoms with E-state index in [1.165, 1.54) is 13.2 Å². The van der Waals surface area contributed by atoms with Gasteiger partial charge in [-0.2, -0.15) is 0 Å². The van der Waals surface area contributed by atoms with E-state index < -0.39 is 5.63 Å². The molecule has 134 valence electrons. The second-order valence-corrected chi connectivity index (χ2v) is 5.36. The summed E-state index contributed by atoms with van der Waals surface area (Å²) in [5.74, 6) is 1.16. The number of hydrogen-bond acceptors (Lipinski definition) is 6. The molecule has 2 aromatic carbocycles. The number of amides is 1. The summed E-state index contributed by atoms with van der Waals surface area (Å²) in [7, 11) is 3.05. The van der Waals surface area contributed by atoms with Crippen LogP contribution in [0.2, 0.25) is 0 Å². The Morgan fingerprint density at radius 3 is 2.54 bits per heavy atom. The maximum Gasteiger partial charge on any atom is 0.336 e. The molecule has 0 radical (unpaired) electrons. The first-order valence-electron chi connectivity index (χ1n) is 7.77. The minimum Gasteiger partial charge on any atom is -0.497 e. The van der Waals surface area contributed by atoms with E-state index in [1.807, 2.05) is 0 Å². The molecular formula is C19H17NO6. The molecule has 0 fully saturated rings. The zero-order valence-electron chi connectivity index (χ0n) is 14.3. The second kappa shape index (κ2) is 7.60. The SMILES string of the molecule is COc1ccc(NC(=O)COc2ccc3ccc(=O)oc3c2)c(OC)c1. The smallest absolute Gasteiger partial charge is 0.336 e. The van der Waals surface area contributed by atoms with Crippen LogP contribution in [0.3, 0.4) is 0 Å². The Kier molecular flexibility index (Phi) is 5.07. The standard InChI is InChI=1S/C19H17NO6/c1-23-13-6-7-15(17(9-13)24-2)20-18(21)11-25-14-5-3-12-4-8-19(22)26-16(12)10-14/h3-10H,11H2,1-2H3,(H,20,21). The number of ether oxygens (including phenoxy) is 3. The number of rotatable bonds is 6. The summed E-state index contributed by atoms with van der Waals surface area (Å²) >= 11 is 0. The van der Waals surface area contributed by atoms with Gasteiger partial charge < -0.3 is 23.9 Å². The van der Waals surface area contributed by atoms with Crippen LogP contribution in [0.1, 0.15) is 0 Å². The van der Waals surface area contributed by atoms with E-state index in [0.29, 0.717) is 28.5 Å². The van der Waals surface area contributed by atoms with E-state index >= 15 is 0 Å². The maximum absolute atomic E-state index is 12.1. The van der Waals surface area contributed by atoms with Crippen molar-refractivity contribution in [3.8, 4) is 17.2 Å². The molecule has 1 amide bonds. The van der Waals surface area contributed by atoms with E-state index in [0.717, 1.165) is 5.39 Å². The lowest BCUT2D eigenvalue weighted by Crippen LogP contribution is -2.20. The molecule has 0 bridgehead atoms. The number of carbonyl (C=O) groups is 1. The van der Waals surface area contributed by atoms with Crippen LogP contribution in [0, 0.1) is 0 Å². The Morgan fingerprint density at radius 1 is 1.00 bits per heavy atom. The first-order chi connectivity index (χ1) is 12.6. The molecule has 0 saturated heterocycles. The second-order valence-electron chi connectivity index (χ2n) is 5.36. The largest absolute Gasteiger partial charge is 0.497 e. The Morgan fingerprint density at radius 2 is 1.77 bits per heavy atom. The summed E-state index contributed by atoms with van der Waals surface area (Å²) in [5, 5.41) is 3.48. The van der Waals surface area contributed by atoms with Crippen molar-refractivity contribution < 1.29 is 23.4 Å². The summed E-state index contributed by atoms with van der Waals surface area (Å²) in [6.45, 7) is -0.211. The number of anilines is 1. The fourth-order valence-corrected chi connectivity index (χ4v) is 2.37. The number of fused-ring (bicyclic) bond motifs is 1. The third-order valence-electron chi connectivity index (χ3n) is 3.65. The molecule has 0 aliphatic carbocycles. The molecule has 0 aliphatic rings. The van der Waals surface area contributed by atoms with Crippen LogP contribution in [0.15, 0.2) is 57.7 Å². The van der Waals surface area contributed by atoms with Crippen LogP contribution in [0.25, 0.3) is 11.0 Å². The Labute approximate surface area is 149 Å². The molecule has 1 N–H and O–H groups in total. The van der Waals surface area contributed by atoms with Crippen molar-refractivity contribution in [2.75, 3.05) is 26.1 Å². The fraction of sp³-hybridized carbons (Fsp3) is 0.158. The quantitative estimate of drug-likeness (QED) is 0.684. The van der Waals surface area contributed by atoms with Crippen LogP contribution in [-0.2, 0) is 4.79 Å². The van der Waals surface area contributed by atoms with Gasteiger partial charge in [0, 0.05) is 23.6 Å². The molecule has 3 rings (SSSR count). The Bertz CT molecular complexity index is 995. The lowest BCUT2D eigenvalue weighted by atomic mass is 10.2. The zero-order chi connectivity index (χ0) is 18.5. The van der Waals surface area contributed by atoms with Crippen LogP contribution >= 0.6 is 0 Å². The Hall–Kier alpha value is -3.48. The highest BCUT2D eigenvalue weighted by Crippen LogP contribution is 2.29. The lowest BCUT2D eigenvalue weighted by molar-refractivity contribution is -0.118. The average Bonchev–Trinajstić information content (AvgIpc) is 2.66. The highest BCUT2D eigenvalue weighted by molar-refractivity contribution is 5.93. The van der Waals surface area contributed by atoms with Crippen LogP contribution in [0.4, 0.5) is 5.69 Å². The lowest BCUT2D eigenvalue weighted by Gasteiger charge is -2.12. The van der Waals surface area contributed by atoms with Gasteiger partial charge in [0.05, 0.1) is 19.9 Å². The highest BCUT2D eigenvalue weighted by Gasteiger charge is 2.10. The molecule has 1 aromatic heterocycles. The molecule has 7 heteroatoms. The van der Waals surface area contributed by atoms with Gasteiger partial charge in [-0.25, -0.2) is 4.79 Å². The van der Waals surface area contributed by atoms with Crippen LogP contribution in [-0.4, -0.2) is 26.7 Å². The number of nitrogens with one attached hydrogen (secondary N) is 1. The average molecular weight is 355 g/mol. The van der Waals surface area contributed by atoms with Crippen molar-refractivity contribution >= 4 is 22.6 Å². The van der Waals surface area contributed by atoms with E-state index in [1.54, 1.807) is 49.6 Å². The van der Waals surface area contributed by atoms with Crippen molar-refractivity contribution in [3.05, 3.63) is 59.0 Å². The predicted molar refractivity (Wildman–Crippen MR) is 96.2 cm³/mol. The van der Waals surface area contributed by atoms with Gasteiger partial charge >= 0.3 is 5.63 Å². The van der Waals surface area contributed by atoms with E-state index in [-0.39, 0.29) is 12.5 Å². The molecule has 0 unspecified atom stereocenters. The number of methoxy groups -OCH3 is 2. The van der Waals surface area contributed by atoms with Crippen LogP contribution < -0.4 is 25.2 Å². The van der Waals surface area contributed by atoms with Crippen molar-refractivity contribution in [3.63, 3.8) is 0 Å². The fourth-order valence-electron chi connectivity index (χ4n) is 2.37. The molecule has 0 atom stereocenters. The van der Waals surface area contributed by atoms with Gasteiger partial charge in [0.25, 0.3) is 5.91 Å². The summed E-state index contributed by atoms with van der Waals surface area (Å²) < 4.78 is 20.9. The first kappa shape index (κ1) is 17.3. The highest BCUT2D eigenvalue weighted by atomic mass is 16.5. The molecule has 26 heavy (non-hydrogen) atoms. The van der Waals surface area contributed by atoms with E-state index in [9.17, 15) is 9.59 Å². The molecular weight excluding hydrogens is 338 g/mol. The number of benzene rings is 2. The molecule has 0 aliphatic heterocycles.